The molecule has 0 radical (unpaired) electrons. The summed E-state index contributed by atoms with van der Waals surface area (Å²) in [6, 6.07) is 0. The van der Waals surface area contributed by atoms with Crippen LogP contribution in [0.15, 0.2) is 11.6 Å². The molecular formula is C11H20O2. The molecule has 0 aliphatic rings. The highest BCUT2D eigenvalue weighted by Gasteiger charge is 2.10. The fourth-order valence-corrected chi connectivity index (χ4v) is 1.04. The highest BCUT2D eigenvalue weighted by atomic mass is 16.5. The number of hydrogen-bond donors (Lipinski definition) is 0. The van der Waals surface area contributed by atoms with Gasteiger partial charge in [0.2, 0.25) is 0 Å². The highest BCUT2D eigenvalue weighted by molar-refractivity contribution is 5.71. The summed E-state index contributed by atoms with van der Waals surface area (Å²) in [6.45, 7) is 6.15. The first kappa shape index (κ1) is 12.2. The van der Waals surface area contributed by atoms with E-state index in [2.05, 4.69) is 24.7 Å². The van der Waals surface area contributed by atoms with Gasteiger partial charge in [-0.1, -0.05) is 25.5 Å². The summed E-state index contributed by atoms with van der Waals surface area (Å²) >= 11 is 0. The number of carbonyl (C=O) groups is 1. The van der Waals surface area contributed by atoms with E-state index in [4.69, 9.17) is 0 Å². The molecule has 13 heavy (non-hydrogen) atoms. The van der Waals surface area contributed by atoms with Gasteiger partial charge in [-0.15, -0.1) is 0 Å². The normalized spacial score (nSPS) is 14.0. The Balaban J connectivity index is 3.70. The molecule has 2 nitrogen and oxygen atoms in total. The van der Waals surface area contributed by atoms with Crippen LogP contribution >= 0.6 is 0 Å². The van der Waals surface area contributed by atoms with Crippen molar-refractivity contribution in [2.24, 2.45) is 5.92 Å². The van der Waals surface area contributed by atoms with Gasteiger partial charge < -0.3 is 4.74 Å². The van der Waals surface area contributed by atoms with Gasteiger partial charge in [-0.25, -0.2) is 0 Å². The zero-order valence-electron chi connectivity index (χ0n) is 9.09. The van der Waals surface area contributed by atoms with E-state index in [-0.39, 0.29) is 11.9 Å². The van der Waals surface area contributed by atoms with Crippen molar-refractivity contribution in [1.29, 1.82) is 0 Å². The van der Waals surface area contributed by atoms with Crippen molar-refractivity contribution in [3.05, 3.63) is 11.6 Å². The molecule has 0 fully saturated rings. The van der Waals surface area contributed by atoms with Gasteiger partial charge in [-0.05, 0) is 26.2 Å². The number of esters is 1. The Hall–Kier alpha value is -0.790. The lowest BCUT2D eigenvalue weighted by molar-refractivity contribution is -0.144. The smallest absolute Gasteiger partial charge is 0.308 e. The van der Waals surface area contributed by atoms with Gasteiger partial charge in [0.25, 0.3) is 0 Å². The van der Waals surface area contributed by atoms with Gasteiger partial charge in [-0.2, -0.15) is 0 Å². The molecule has 0 aromatic heterocycles. The predicted molar refractivity (Wildman–Crippen MR) is 54.5 cm³/mol. The summed E-state index contributed by atoms with van der Waals surface area (Å²) in [5.74, 6) is -0.0894. The maximum absolute atomic E-state index is 11.0. The third-order valence-electron chi connectivity index (χ3n) is 2.25. The van der Waals surface area contributed by atoms with E-state index in [1.807, 2.05) is 6.92 Å². The summed E-state index contributed by atoms with van der Waals surface area (Å²) in [5, 5.41) is 0. The van der Waals surface area contributed by atoms with Crippen molar-refractivity contribution in [3.8, 4) is 0 Å². The topological polar surface area (TPSA) is 26.3 Å². The van der Waals surface area contributed by atoms with Crippen molar-refractivity contribution in [3.63, 3.8) is 0 Å². The molecule has 0 amide bonds. The molecule has 0 aliphatic heterocycles. The summed E-state index contributed by atoms with van der Waals surface area (Å²) in [4.78, 5) is 11.0. The standard InChI is InChI=1S/C11H20O2/c1-5-9(2)7-6-8-10(3)11(12)13-4/h7,10H,5-6,8H2,1-4H3. The van der Waals surface area contributed by atoms with E-state index in [9.17, 15) is 4.79 Å². The van der Waals surface area contributed by atoms with Crippen LogP contribution in [0.1, 0.15) is 40.0 Å². The van der Waals surface area contributed by atoms with Crippen molar-refractivity contribution in [1.82, 2.24) is 0 Å². The van der Waals surface area contributed by atoms with Crippen LogP contribution in [0.3, 0.4) is 0 Å². The molecule has 0 bridgehead atoms. The van der Waals surface area contributed by atoms with Crippen molar-refractivity contribution >= 4 is 5.97 Å². The fraction of sp³-hybridized carbons (Fsp3) is 0.727. The van der Waals surface area contributed by atoms with E-state index < -0.39 is 0 Å². The van der Waals surface area contributed by atoms with Crippen LogP contribution in [0.25, 0.3) is 0 Å². The van der Waals surface area contributed by atoms with E-state index in [0.717, 1.165) is 19.3 Å². The van der Waals surface area contributed by atoms with Crippen LogP contribution in [0.4, 0.5) is 0 Å². The lowest BCUT2D eigenvalue weighted by Gasteiger charge is -2.06. The summed E-state index contributed by atoms with van der Waals surface area (Å²) in [5.41, 5.74) is 1.39. The number of allylic oxidation sites excluding steroid dienone is 2. The van der Waals surface area contributed by atoms with Gasteiger partial charge in [0.05, 0.1) is 13.0 Å². The molecule has 0 aromatic carbocycles. The SMILES string of the molecule is CCC(C)=CCCC(C)C(=O)OC. The molecule has 1 atom stereocenters. The molecule has 76 valence electrons. The minimum atomic E-state index is -0.109. The van der Waals surface area contributed by atoms with Crippen molar-refractivity contribution in [2.75, 3.05) is 7.11 Å². The van der Waals surface area contributed by atoms with Crippen LogP contribution in [-0.4, -0.2) is 13.1 Å². The molecular weight excluding hydrogens is 164 g/mol. The molecule has 0 rings (SSSR count). The molecule has 0 saturated heterocycles. The minimum Gasteiger partial charge on any atom is -0.469 e. The number of carbonyl (C=O) groups excluding carboxylic acids is 1. The van der Waals surface area contributed by atoms with E-state index in [0.29, 0.717) is 0 Å². The Kier molecular flexibility index (Phi) is 6.29. The van der Waals surface area contributed by atoms with Crippen LogP contribution in [0.5, 0.6) is 0 Å². The van der Waals surface area contributed by atoms with E-state index in [1.54, 1.807) is 0 Å². The maximum Gasteiger partial charge on any atom is 0.308 e. The second-order valence-electron chi connectivity index (χ2n) is 3.41. The quantitative estimate of drug-likeness (QED) is 0.485. The third kappa shape index (κ3) is 5.45. The van der Waals surface area contributed by atoms with E-state index >= 15 is 0 Å². The largest absolute Gasteiger partial charge is 0.469 e. The number of methoxy groups -OCH3 is 1. The molecule has 0 aliphatic carbocycles. The van der Waals surface area contributed by atoms with E-state index in [1.165, 1.54) is 12.7 Å². The summed E-state index contributed by atoms with van der Waals surface area (Å²) < 4.78 is 4.64. The number of hydrogen-bond acceptors (Lipinski definition) is 2. The summed E-state index contributed by atoms with van der Waals surface area (Å²) in [6.07, 6.45) is 5.13. The lowest BCUT2D eigenvalue weighted by Crippen LogP contribution is -2.11. The Bertz CT molecular complexity index is 183. The Morgan fingerprint density at radius 2 is 2.15 bits per heavy atom. The molecule has 0 saturated carbocycles. The zero-order valence-corrected chi connectivity index (χ0v) is 9.09. The van der Waals surface area contributed by atoms with Gasteiger partial charge in [-0.3, -0.25) is 4.79 Å². The van der Waals surface area contributed by atoms with Crippen LogP contribution in [0.2, 0.25) is 0 Å². The first-order valence-electron chi connectivity index (χ1n) is 4.85. The monoisotopic (exact) mass is 184 g/mol. The van der Waals surface area contributed by atoms with Gasteiger partial charge in [0.15, 0.2) is 0 Å². The molecule has 0 heterocycles. The van der Waals surface area contributed by atoms with Crippen LogP contribution in [-0.2, 0) is 9.53 Å². The minimum absolute atomic E-state index is 0.0194. The molecule has 2 heteroatoms. The predicted octanol–water partition coefficient (Wildman–Crippen LogP) is 2.93. The Morgan fingerprint density at radius 3 is 2.62 bits per heavy atom. The molecule has 0 spiro atoms. The average Bonchev–Trinajstić information content (AvgIpc) is 2.15. The first-order chi connectivity index (χ1) is 6.11. The zero-order chi connectivity index (χ0) is 10.3. The van der Waals surface area contributed by atoms with Crippen LogP contribution in [0, 0.1) is 5.92 Å². The second-order valence-corrected chi connectivity index (χ2v) is 3.41. The first-order valence-corrected chi connectivity index (χ1v) is 4.85. The fourth-order valence-electron chi connectivity index (χ4n) is 1.04. The number of ether oxygens (including phenoxy) is 1. The molecule has 1 unspecified atom stereocenters. The summed E-state index contributed by atoms with van der Waals surface area (Å²) in [7, 11) is 1.44. The van der Waals surface area contributed by atoms with Gasteiger partial charge in [0, 0.05) is 0 Å². The second kappa shape index (κ2) is 6.70. The third-order valence-corrected chi connectivity index (χ3v) is 2.25. The highest BCUT2D eigenvalue weighted by Crippen LogP contribution is 2.10. The molecule has 0 N–H and O–H groups in total. The maximum atomic E-state index is 11.0. The van der Waals surface area contributed by atoms with Gasteiger partial charge in [0.1, 0.15) is 0 Å². The van der Waals surface area contributed by atoms with Crippen LogP contribution < -0.4 is 0 Å². The number of rotatable bonds is 5. The van der Waals surface area contributed by atoms with Gasteiger partial charge >= 0.3 is 5.97 Å². The Morgan fingerprint density at radius 1 is 1.54 bits per heavy atom. The van der Waals surface area contributed by atoms with Crippen molar-refractivity contribution < 1.29 is 9.53 Å². The Labute approximate surface area is 81.0 Å². The van der Waals surface area contributed by atoms with Crippen molar-refractivity contribution in [2.45, 2.75) is 40.0 Å². The average molecular weight is 184 g/mol. The lowest BCUT2D eigenvalue weighted by atomic mass is 10.0. The molecule has 0 aromatic rings.